The molecule has 1 spiro atoms. The van der Waals surface area contributed by atoms with Crippen LogP contribution in [0, 0.1) is 12.7 Å². The lowest BCUT2D eigenvalue weighted by Crippen LogP contribution is -2.60. The molecule has 1 atom stereocenters. The van der Waals surface area contributed by atoms with E-state index in [1.54, 1.807) is 6.07 Å². The van der Waals surface area contributed by atoms with Crippen LogP contribution in [0.4, 0.5) is 4.39 Å². The number of rotatable bonds is 2. The van der Waals surface area contributed by atoms with Gasteiger partial charge < -0.3 is 10.3 Å². The summed E-state index contributed by atoms with van der Waals surface area (Å²) in [6, 6.07) is 4.93. The number of H-pyrrole nitrogens is 1. The molecule has 140 valence electrons. The number of aromatic nitrogens is 1. The number of amides is 1. The molecule has 1 amide bonds. The molecule has 0 radical (unpaired) electrons. The lowest BCUT2D eigenvalue weighted by atomic mass is 9.86. The van der Waals surface area contributed by atoms with Gasteiger partial charge in [0, 0.05) is 61.3 Å². The molecule has 0 bridgehead atoms. The summed E-state index contributed by atoms with van der Waals surface area (Å²) in [6.07, 6.45) is 2.49. The molecular formula is C20H27FN4O. The van der Waals surface area contributed by atoms with E-state index in [-0.39, 0.29) is 17.3 Å². The van der Waals surface area contributed by atoms with E-state index in [1.807, 2.05) is 6.07 Å². The van der Waals surface area contributed by atoms with Gasteiger partial charge in [-0.3, -0.25) is 14.6 Å². The van der Waals surface area contributed by atoms with Crippen molar-refractivity contribution in [2.45, 2.75) is 38.3 Å². The van der Waals surface area contributed by atoms with E-state index in [4.69, 9.17) is 0 Å². The third-order valence-corrected chi connectivity index (χ3v) is 6.31. The van der Waals surface area contributed by atoms with E-state index in [9.17, 15) is 9.18 Å². The van der Waals surface area contributed by atoms with Gasteiger partial charge >= 0.3 is 0 Å². The lowest BCUT2D eigenvalue weighted by molar-refractivity contribution is -0.121. The van der Waals surface area contributed by atoms with Crippen LogP contribution < -0.4 is 5.32 Å². The molecule has 26 heavy (non-hydrogen) atoms. The Bertz CT molecular complexity index is 833. The van der Waals surface area contributed by atoms with Crippen LogP contribution in [-0.2, 0) is 11.3 Å². The largest absolute Gasteiger partial charge is 0.357 e. The Labute approximate surface area is 153 Å². The number of nitrogens with zero attached hydrogens (tertiary/aromatic N) is 2. The number of benzene rings is 1. The molecule has 2 N–H and O–H groups in total. The van der Waals surface area contributed by atoms with Gasteiger partial charge in [0.2, 0.25) is 5.91 Å². The predicted molar refractivity (Wildman–Crippen MR) is 100 cm³/mol. The molecule has 4 rings (SSSR count). The van der Waals surface area contributed by atoms with Gasteiger partial charge in [-0.15, -0.1) is 0 Å². The summed E-state index contributed by atoms with van der Waals surface area (Å²) in [6.45, 7) is 6.61. The summed E-state index contributed by atoms with van der Waals surface area (Å²) in [5, 5.41) is 3.97. The number of piperazine rings is 1. The fraction of sp³-hybridized carbons (Fsp3) is 0.550. The van der Waals surface area contributed by atoms with Gasteiger partial charge in [0.05, 0.1) is 0 Å². The number of halogens is 1. The first-order valence-corrected chi connectivity index (χ1v) is 9.44. The summed E-state index contributed by atoms with van der Waals surface area (Å²) in [5.41, 5.74) is 3.34. The minimum atomic E-state index is -0.194. The molecule has 6 heteroatoms. The maximum atomic E-state index is 13.6. The normalized spacial score (nSPS) is 25.6. The molecule has 2 aromatic rings. The molecule has 0 unspecified atom stereocenters. The van der Waals surface area contributed by atoms with Crippen molar-refractivity contribution in [2.24, 2.45) is 0 Å². The van der Waals surface area contributed by atoms with Gasteiger partial charge in [-0.1, -0.05) is 0 Å². The van der Waals surface area contributed by atoms with Crippen molar-refractivity contribution in [1.82, 2.24) is 20.1 Å². The second-order valence-electron chi connectivity index (χ2n) is 7.87. The second kappa shape index (κ2) is 6.67. The van der Waals surface area contributed by atoms with Gasteiger partial charge in [-0.25, -0.2) is 4.39 Å². The van der Waals surface area contributed by atoms with E-state index in [1.165, 1.54) is 6.07 Å². The number of hydrogen-bond donors (Lipinski definition) is 2. The molecule has 5 nitrogen and oxygen atoms in total. The Morgan fingerprint density at radius 3 is 2.96 bits per heavy atom. The van der Waals surface area contributed by atoms with Crippen LogP contribution in [0.25, 0.3) is 10.9 Å². The van der Waals surface area contributed by atoms with Crippen LogP contribution in [0.5, 0.6) is 0 Å². The molecule has 2 aliphatic heterocycles. The third-order valence-electron chi connectivity index (χ3n) is 6.31. The first-order chi connectivity index (χ1) is 12.5. The highest BCUT2D eigenvalue weighted by Gasteiger charge is 2.40. The van der Waals surface area contributed by atoms with E-state index in [2.05, 4.69) is 34.1 Å². The summed E-state index contributed by atoms with van der Waals surface area (Å²) in [7, 11) is 2.18. The van der Waals surface area contributed by atoms with Crippen LogP contribution in [0.15, 0.2) is 18.2 Å². The summed E-state index contributed by atoms with van der Waals surface area (Å²) >= 11 is 0. The van der Waals surface area contributed by atoms with Crippen LogP contribution in [-0.4, -0.2) is 59.5 Å². The van der Waals surface area contributed by atoms with Crippen molar-refractivity contribution in [3.05, 3.63) is 35.3 Å². The molecule has 2 aliphatic rings. The molecule has 2 fully saturated rings. The van der Waals surface area contributed by atoms with Crippen molar-refractivity contribution in [3.63, 3.8) is 0 Å². The Morgan fingerprint density at radius 2 is 2.12 bits per heavy atom. The fourth-order valence-corrected chi connectivity index (χ4v) is 4.55. The quantitative estimate of drug-likeness (QED) is 0.867. The van der Waals surface area contributed by atoms with Crippen molar-refractivity contribution in [1.29, 1.82) is 0 Å². The average Bonchev–Trinajstić information content (AvgIpc) is 2.79. The third kappa shape index (κ3) is 3.12. The molecule has 0 aliphatic carbocycles. The van der Waals surface area contributed by atoms with Crippen molar-refractivity contribution in [3.8, 4) is 0 Å². The van der Waals surface area contributed by atoms with Gasteiger partial charge in [0.25, 0.3) is 0 Å². The van der Waals surface area contributed by atoms with Crippen molar-refractivity contribution < 1.29 is 9.18 Å². The molecule has 1 aromatic carbocycles. The highest BCUT2D eigenvalue weighted by molar-refractivity contribution is 5.84. The topological polar surface area (TPSA) is 51.4 Å². The Morgan fingerprint density at radius 1 is 1.27 bits per heavy atom. The van der Waals surface area contributed by atoms with Gasteiger partial charge in [-0.2, -0.15) is 0 Å². The molecule has 0 saturated carbocycles. The first-order valence-electron chi connectivity index (χ1n) is 9.44. The molecule has 2 saturated heterocycles. The number of carbonyl (C=O) groups is 1. The van der Waals surface area contributed by atoms with Crippen LogP contribution in [0.1, 0.15) is 30.5 Å². The maximum absolute atomic E-state index is 13.6. The minimum Gasteiger partial charge on any atom is -0.357 e. The minimum absolute atomic E-state index is 0.0590. The van der Waals surface area contributed by atoms with Crippen molar-refractivity contribution >= 4 is 16.8 Å². The number of aryl methyl sites for hydroxylation is 1. The fourth-order valence-electron chi connectivity index (χ4n) is 4.55. The summed E-state index contributed by atoms with van der Waals surface area (Å²) in [4.78, 5) is 20.2. The second-order valence-corrected chi connectivity index (χ2v) is 7.87. The highest BCUT2D eigenvalue weighted by Crippen LogP contribution is 2.32. The number of aromatic amines is 1. The number of likely N-dealkylation sites (N-methyl/N-ethyl adjacent to an activating group) is 1. The number of hydrogen-bond acceptors (Lipinski definition) is 3. The summed E-state index contributed by atoms with van der Waals surface area (Å²) < 4.78 is 13.6. The number of carbonyl (C=O) groups excluding carboxylic acids is 1. The molecular weight excluding hydrogens is 331 g/mol. The van der Waals surface area contributed by atoms with Gasteiger partial charge in [0.15, 0.2) is 0 Å². The smallest absolute Gasteiger partial charge is 0.220 e. The Kier molecular flexibility index (Phi) is 4.49. The SMILES string of the molecule is Cc1c(CN2CCN(C)[C@@]3(CCNC(=O)CC3)C2)[nH]c2ccc(F)cc12. The first kappa shape index (κ1) is 17.5. The highest BCUT2D eigenvalue weighted by atomic mass is 19.1. The number of nitrogens with one attached hydrogen (secondary N) is 2. The van der Waals surface area contributed by atoms with Crippen LogP contribution >= 0.6 is 0 Å². The average molecular weight is 358 g/mol. The maximum Gasteiger partial charge on any atom is 0.220 e. The molecule has 1 aromatic heterocycles. The zero-order valence-electron chi connectivity index (χ0n) is 15.6. The Balaban J connectivity index is 1.55. The van der Waals surface area contributed by atoms with E-state index < -0.39 is 0 Å². The van der Waals surface area contributed by atoms with E-state index in [0.29, 0.717) is 6.42 Å². The lowest BCUT2D eigenvalue weighted by Gasteiger charge is -2.49. The predicted octanol–water partition coefficient (Wildman–Crippen LogP) is 2.40. The Hall–Kier alpha value is -1.92. The number of fused-ring (bicyclic) bond motifs is 1. The zero-order valence-corrected chi connectivity index (χ0v) is 15.6. The van der Waals surface area contributed by atoms with Crippen LogP contribution in [0.3, 0.4) is 0 Å². The van der Waals surface area contributed by atoms with Gasteiger partial charge in [0.1, 0.15) is 5.82 Å². The zero-order chi connectivity index (χ0) is 18.3. The van der Waals surface area contributed by atoms with Crippen molar-refractivity contribution in [2.75, 3.05) is 33.2 Å². The van der Waals surface area contributed by atoms with Gasteiger partial charge in [-0.05, 0) is 50.6 Å². The monoisotopic (exact) mass is 358 g/mol. The standard InChI is InChI=1S/C20H27FN4O/c1-14-16-11-15(21)3-4-17(16)23-18(14)12-25-10-9-24(2)20(13-25)6-5-19(26)22-8-7-20/h3-4,11,23H,5-10,12-13H2,1-2H3,(H,22,26)/t20-/m0/s1. The van der Waals surface area contributed by atoms with E-state index >= 15 is 0 Å². The summed E-state index contributed by atoms with van der Waals surface area (Å²) in [5.74, 6) is -0.0267. The van der Waals surface area contributed by atoms with Crippen LogP contribution in [0.2, 0.25) is 0 Å². The molecule has 3 heterocycles. The van der Waals surface area contributed by atoms with E-state index in [0.717, 1.165) is 67.7 Å².